The number of ether oxygens (including phenoxy) is 5. The standard InChI is InChI=1S/C52H60N2O9S/c1-4-25-54(51(57)37-17-23-46-47(30-37)59-34-58-46)48-32-44(53-61-33-35-13-7-6-8-14-35)42-29-36(15-9-11-26-55)41(16-10-12-27-56)49-43-31-39(62-38-18-21-40(64-3)22-19-38)20-24-45(43)63-52(48,50(42)49)60-28-5-2/h5-8,13-14,17-24,29-31,36,41,48-50,55-56H,2,4,9-12,15-16,25-28,32-34H2,1,3H3. The Morgan fingerprint density at radius 2 is 1.67 bits per heavy atom. The summed E-state index contributed by atoms with van der Waals surface area (Å²) < 4.78 is 32.5. The second-order valence-electron chi connectivity index (χ2n) is 16.9. The lowest BCUT2D eigenvalue weighted by Gasteiger charge is -2.60. The van der Waals surface area contributed by atoms with Gasteiger partial charge in [0.25, 0.3) is 5.91 Å². The van der Waals surface area contributed by atoms with Gasteiger partial charge < -0.3 is 43.6 Å². The Morgan fingerprint density at radius 3 is 2.42 bits per heavy atom. The van der Waals surface area contributed by atoms with Crippen molar-refractivity contribution in [3.05, 3.63) is 132 Å². The van der Waals surface area contributed by atoms with E-state index < -0.39 is 17.7 Å². The van der Waals surface area contributed by atoms with Crippen molar-refractivity contribution in [3.8, 4) is 28.7 Å². The van der Waals surface area contributed by atoms with Crippen LogP contribution in [0, 0.1) is 17.8 Å². The number of oxime groups is 1. The van der Waals surface area contributed by atoms with E-state index in [0.29, 0.717) is 60.8 Å². The number of fused-ring (bicyclic) bond motifs is 3. The maximum atomic E-state index is 15.2. The molecule has 2 N–H and O–H groups in total. The molecular formula is C52H60N2O9S. The van der Waals surface area contributed by atoms with Crippen LogP contribution < -0.4 is 18.9 Å². The number of rotatable bonds is 21. The molecule has 11 nitrogen and oxygen atoms in total. The topological polar surface area (TPSA) is 129 Å². The van der Waals surface area contributed by atoms with Crippen molar-refractivity contribution < 1.29 is 43.5 Å². The molecule has 2 heterocycles. The number of unbranched alkanes of at least 4 members (excludes halogenated alkanes) is 2. The van der Waals surface area contributed by atoms with Gasteiger partial charge in [-0.2, -0.15) is 0 Å². The SMILES string of the molecule is C=CCOC12Oc3ccc(Oc4ccc(SC)cc4)cc3C3C(CCCCO)C(CCCCO)C=C(C(=NOCc4ccccc4)CC1N(CCC)C(=O)c1ccc4c(c1)OCO4)C32. The number of nitrogens with zero attached hydrogens (tertiary/aromatic N) is 2. The predicted molar refractivity (Wildman–Crippen MR) is 248 cm³/mol. The molecule has 12 heteroatoms. The highest BCUT2D eigenvalue weighted by Gasteiger charge is 2.65. The van der Waals surface area contributed by atoms with Gasteiger partial charge in [-0.05, 0) is 122 Å². The van der Waals surface area contributed by atoms with E-state index in [9.17, 15) is 10.2 Å². The molecule has 1 saturated carbocycles. The second-order valence-corrected chi connectivity index (χ2v) is 17.8. The zero-order valence-electron chi connectivity index (χ0n) is 36.9. The number of thioether (sulfide) groups is 1. The highest BCUT2D eigenvalue weighted by atomic mass is 32.2. The molecule has 4 aliphatic rings. The molecule has 0 aromatic heterocycles. The molecule has 8 rings (SSSR count). The molecule has 338 valence electrons. The van der Waals surface area contributed by atoms with Gasteiger partial charge in [-0.15, -0.1) is 18.3 Å². The van der Waals surface area contributed by atoms with Gasteiger partial charge in [0.05, 0.1) is 18.2 Å². The largest absolute Gasteiger partial charge is 0.459 e. The fraction of sp³-hybridized carbons (Fsp3) is 0.423. The van der Waals surface area contributed by atoms with Gasteiger partial charge in [0.15, 0.2) is 11.5 Å². The summed E-state index contributed by atoms with van der Waals surface area (Å²) in [5.41, 5.74) is 4.15. The monoisotopic (exact) mass is 888 g/mol. The molecule has 1 amide bonds. The highest BCUT2D eigenvalue weighted by molar-refractivity contribution is 7.98. The van der Waals surface area contributed by atoms with Gasteiger partial charge in [-0.3, -0.25) is 4.79 Å². The maximum Gasteiger partial charge on any atom is 0.254 e. The average molecular weight is 889 g/mol. The number of hydrogen-bond donors (Lipinski definition) is 2. The molecular weight excluding hydrogens is 829 g/mol. The Morgan fingerprint density at radius 1 is 0.922 bits per heavy atom. The summed E-state index contributed by atoms with van der Waals surface area (Å²) in [5, 5.41) is 25.0. The van der Waals surface area contributed by atoms with Gasteiger partial charge >= 0.3 is 0 Å². The number of aliphatic hydroxyl groups is 2. The van der Waals surface area contributed by atoms with Gasteiger partial charge in [-0.25, -0.2) is 0 Å². The summed E-state index contributed by atoms with van der Waals surface area (Å²) in [6.07, 6.45) is 11.8. The highest BCUT2D eigenvalue weighted by Crippen LogP contribution is 2.62. The Bertz CT molecular complexity index is 2280. The van der Waals surface area contributed by atoms with Crippen molar-refractivity contribution in [2.75, 3.05) is 39.4 Å². The van der Waals surface area contributed by atoms with Crippen LogP contribution in [0.15, 0.2) is 125 Å². The third-order valence-electron chi connectivity index (χ3n) is 12.9. The normalized spacial score (nSPS) is 23.3. The molecule has 4 aromatic rings. The number of carbonyl (C=O) groups excluding carboxylic acids is 1. The molecule has 6 unspecified atom stereocenters. The minimum absolute atomic E-state index is 0.0684. The Balaban J connectivity index is 1.32. The zero-order chi connectivity index (χ0) is 44.5. The first kappa shape index (κ1) is 45.3. The number of aliphatic hydroxyl groups excluding tert-OH is 2. The second kappa shape index (κ2) is 21.1. The van der Waals surface area contributed by atoms with Gasteiger partial charge in [0.2, 0.25) is 12.6 Å². The lowest BCUT2D eigenvalue weighted by molar-refractivity contribution is -0.254. The lowest BCUT2D eigenvalue weighted by Crippen LogP contribution is -2.70. The summed E-state index contributed by atoms with van der Waals surface area (Å²) in [6, 6.07) is 28.7. The first-order chi connectivity index (χ1) is 31.4. The van der Waals surface area contributed by atoms with E-state index in [1.807, 2.05) is 59.5 Å². The number of carbonyl (C=O) groups is 1. The van der Waals surface area contributed by atoms with Crippen LogP contribution in [0.1, 0.15) is 85.7 Å². The van der Waals surface area contributed by atoms with E-state index in [4.69, 9.17) is 33.7 Å². The van der Waals surface area contributed by atoms with Gasteiger partial charge in [0, 0.05) is 48.1 Å². The molecule has 0 radical (unpaired) electrons. The van der Waals surface area contributed by atoms with Crippen molar-refractivity contribution in [2.45, 2.75) is 87.5 Å². The number of hydrogen-bond acceptors (Lipinski definition) is 11. The van der Waals surface area contributed by atoms with Crippen LogP contribution in [0.2, 0.25) is 0 Å². The summed E-state index contributed by atoms with van der Waals surface area (Å²) >= 11 is 1.68. The molecule has 6 atom stereocenters. The van der Waals surface area contributed by atoms with E-state index in [1.54, 1.807) is 36.0 Å². The maximum absolute atomic E-state index is 15.2. The summed E-state index contributed by atoms with van der Waals surface area (Å²) in [4.78, 5) is 24.5. The van der Waals surface area contributed by atoms with Crippen molar-refractivity contribution >= 4 is 23.4 Å². The quantitative estimate of drug-likeness (QED) is 0.0361. The Hall–Kier alpha value is -5.27. The van der Waals surface area contributed by atoms with Crippen LogP contribution in [0.3, 0.4) is 0 Å². The smallest absolute Gasteiger partial charge is 0.254 e. The number of allylic oxidation sites excluding steroid dienone is 1. The number of benzene rings is 4. The van der Waals surface area contributed by atoms with Crippen LogP contribution in [0.25, 0.3) is 0 Å². The molecule has 0 bridgehead atoms. The Labute approximate surface area is 381 Å². The summed E-state index contributed by atoms with van der Waals surface area (Å²) in [5.74, 6) is 1.12. The van der Waals surface area contributed by atoms with E-state index in [2.05, 4.69) is 44.0 Å². The molecule has 0 saturated heterocycles. The van der Waals surface area contributed by atoms with Crippen LogP contribution in [0.4, 0.5) is 0 Å². The zero-order valence-corrected chi connectivity index (χ0v) is 37.7. The van der Waals surface area contributed by atoms with Gasteiger partial charge in [0.1, 0.15) is 29.9 Å². The molecule has 2 aliphatic carbocycles. The van der Waals surface area contributed by atoms with E-state index >= 15 is 4.79 Å². The van der Waals surface area contributed by atoms with Crippen LogP contribution >= 0.6 is 11.8 Å². The predicted octanol–water partition coefficient (Wildman–Crippen LogP) is 10.3. The molecule has 4 aromatic carbocycles. The fourth-order valence-electron chi connectivity index (χ4n) is 10.1. The first-order valence-electron chi connectivity index (χ1n) is 22.7. The van der Waals surface area contributed by atoms with Crippen LogP contribution in [-0.4, -0.2) is 78.0 Å². The molecule has 64 heavy (non-hydrogen) atoms. The van der Waals surface area contributed by atoms with Gasteiger partial charge in [-0.1, -0.05) is 67.4 Å². The van der Waals surface area contributed by atoms with Crippen molar-refractivity contribution in [3.63, 3.8) is 0 Å². The van der Waals surface area contributed by atoms with E-state index in [-0.39, 0.29) is 56.9 Å². The van der Waals surface area contributed by atoms with Crippen LogP contribution in [-0.2, 0) is 16.2 Å². The first-order valence-corrected chi connectivity index (χ1v) is 23.9. The number of amides is 1. The summed E-state index contributed by atoms with van der Waals surface area (Å²) in [6.45, 7) is 7.30. The van der Waals surface area contributed by atoms with E-state index in [1.165, 1.54) is 0 Å². The van der Waals surface area contributed by atoms with Crippen LogP contribution in [0.5, 0.6) is 28.7 Å². The molecule has 1 fully saturated rings. The Kier molecular flexibility index (Phi) is 15.0. The minimum Gasteiger partial charge on any atom is -0.459 e. The molecule has 0 spiro atoms. The molecule has 2 aliphatic heterocycles. The summed E-state index contributed by atoms with van der Waals surface area (Å²) in [7, 11) is 0. The third kappa shape index (κ3) is 9.56. The van der Waals surface area contributed by atoms with Crippen molar-refractivity contribution in [1.29, 1.82) is 0 Å². The van der Waals surface area contributed by atoms with E-state index in [0.717, 1.165) is 58.7 Å². The lowest BCUT2D eigenvalue weighted by atomic mass is 9.55. The minimum atomic E-state index is -1.39. The van der Waals surface area contributed by atoms with Crippen molar-refractivity contribution in [2.24, 2.45) is 22.9 Å². The third-order valence-corrected chi connectivity index (χ3v) is 13.7. The van der Waals surface area contributed by atoms with Crippen molar-refractivity contribution in [1.82, 2.24) is 4.90 Å². The fourth-order valence-corrected chi connectivity index (χ4v) is 10.5. The average Bonchev–Trinajstić information content (AvgIpc) is 3.80.